The molecule has 0 saturated carbocycles. The zero-order chi connectivity index (χ0) is 48.2. The van der Waals surface area contributed by atoms with Gasteiger partial charge in [-0.05, 0) is 117 Å². The molecule has 0 radical (unpaired) electrons. The highest BCUT2D eigenvalue weighted by Gasteiger charge is 2.36. The van der Waals surface area contributed by atoms with E-state index in [0.29, 0.717) is 21.5 Å². The van der Waals surface area contributed by atoms with Gasteiger partial charge in [-0.15, -0.1) is 0 Å². The van der Waals surface area contributed by atoms with Crippen molar-refractivity contribution in [1.29, 1.82) is 0 Å². The number of rotatable bonds is 34. The van der Waals surface area contributed by atoms with Crippen LogP contribution in [0.1, 0.15) is 200 Å². The standard InChI is InChI=1S/C24H22BCl3O3.2C16H36N/c26-21-10-4-7-18(15-21)24(19-8-5-11-22(27)16-19,20-9-6-12-23(28)17-20)13-2-1-3-14-31-25(29)30;2*1-5-9-13-17(14-10-6-2,15-11-7-3)16-12-8-4/h4-12,15-17H,1-3,13-14H2;2*5-16H2,1-4H3/q-2;2*+1. The van der Waals surface area contributed by atoms with E-state index in [1.165, 1.54) is 164 Å². The lowest BCUT2D eigenvalue weighted by Gasteiger charge is -2.39. The minimum atomic E-state index is -2.23. The number of quaternary nitrogens is 2. The maximum absolute atomic E-state index is 10.6. The van der Waals surface area contributed by atoms with Crippen LogP contribution in [-0.2, 0) is 10.1 Å². The van der Waals surface area contributed by atoms with Crippen LogP contribution in [0.15, 0.2) is 72.8 Å². The van der Waals surface area contributed by atoms with E-state index >= 15 is 0 Å². The maximum Gasteiger partial charge on any atom is 0.0786 e. The first-order chi connectivity index (χ1) is 31.4. The van der Waals surface area contributed by atoms with Gasteiger partial charge >= 0.3 is 0 Å². The van der Waals surface area contributed by atoms with Gasteiger partial charge in [0.25, 0.3) is 0 Å². The van der Waals surface area contributed by atoms with Crippen molar-refractivity contribution in [3.05, 3.63) is 105 Å². The third-order valence-corrected chi connectivity index (χ3v) is 14.0. The SMILES string of the molecule is CCCC[N+](CCCC)(CCCC)CCCC.CCCC[N+](CCCC)(CCCC)CCCC.[O-]B([O-])OCCCCCC(c1cccc(Cl)c1)(c1cccc(Cl)c1)c1cccc(Cl)c1. The summed E-state index contributed by atoms with van der Waals surface area (Å²) in [6.45, 7) is 30.2. The molecule has 0 aliphatic carbocycles. The molecule has 0 amide bonds. The third-order valence-electron chi connectivity index (χ3n) is 13.3. The largest absolute Gasteiger partial charge is 0.871 e. The molecule has 0 aromatic heterocycles. The number of nitrogens with zero attached hydrogens (tertiary/aromatic N) is 2. The van der Waals surface area contributed by atoms with Gasteiger partial charge in [0.1, 0.15) is 0 Å². The lowest BCUT2D eigenvalue weighted by atomic mass is 9.66. The van der Waals surface area contributed by atoms with Gasteiger partial charge in [-0.25, -0.2) is 0 Å². The second kappa shape index (κ2) is 37.3. The number of halogens is 3. The average molecular weight is 961 g/mol. The molecule has 0 bridgehead atoms. The second-order valence-electron chi connectivity index (χ2n) is 18.7. The zero-order valence-electron chi connectivity index (χ0n) is 42.8. The summed E-state index contributed by atoms with van der Waals surface area (Å²) in [7, 11) is -2.23. The summed E-state index contributed by atoms with van der Waals surface area (Å²) in [6, 6.07) is 23.5. The summed E-state index contributed by atoms with van der Waals surface area (Å²) in [4.78, 5) is 0. The number of unbranched alkanes of at least 4 members (excludes halogenated alkanes) is 10. The quantitative estimate of drug-likeness (QED) is 0.0259. The van der Waals surface area contributed by atoms with Crippen molar-refractivity contribution in [3.8, 4) is 0 Å². The molecule has 3 rings (SSSR count). The van der Waals surface area contributed by atoms with Crippen LogP contribution >= 0.6 is 34.8 Å². The summed E-state index contributed by atoms with van der Waals surface area (Å²) < 4.78 is 7.45. The summed E-state index contributed by atoms with van der Waals surface area (Å²) in [5.41, 5.74) is 2.60. The number of benzene rings is 3. The Bertz CT molecular complexity index is 1370. The van der Waals surface area contributed by atoms with Crippen LogP contribution in [0.5, 0.6) is 0 Å². The van der Waals surface area contributed by atoms with Crippen LogP contribution in [-0.4, -0.2) is 75.3 Å². The van der Waals surface area contributed by atoms with E-state index in [4.69, 9.17) is 34.8 Å². The Morgan fingerprint density at radius 1 is 0.415 bits per heavy atom. The topological polar surface area (TPSA) is 55.3 Å². The first kappa shape index (κ1) is 61.4. The fraction of sp³-hybridized carbons (Fsp3) is 0.679. The molecule has 0 unspecified atom stereocenters. The third kappa shape index (κ3) is 24.5. The lowest BCUT2D eigenvalue weighted by molar-refractivity contribution is -0.929. The number of hydrogen-bond acceptors (Lipinski definition) is 3. The lowest BCUT2D eigenvalue weighted by Crippen LogP contribution is -2.50. The van der Waals surface area contributed by atoms with Gasteiger partial charge < -0.3 is 23.7 Å². The first-order valence-electron chi connectivity index (χ1n) is 26.3. The van der Waals surface area contributed by atoms with Crippen LogP contribution in [0, 0.1) is 0 Å². The van der Waals surface area contributed by atoms with Gasteiger partial charge in [-0.2, -0.15) is 0 Å². The Morgan fingerprint density at radius 3 is 0.923 bits per heavy atom. The Balaban J connectivity index is 0.000000532. The van der Waals surface area contributed by atoms with Gasteiger partial charge in [0, 0.05) is 27.1 Å². The van der Waals surface area contributed by atoms with Gasteiger partial charge in [0.15, 0.2) is 0 Å². The van der Waals surface area contributed by atoms with Crippen LogP contribution in [0.3, 0.4) is 0 Å². The zero-order valence-corrected chi connectivity index (χ0v) is 45.0. The van der Waals surface area contributed by atoms with Crippen LogP contribution < -0.4 is 10.0 Å². The molecule has 0 atom stereocenters. The van der Waals surface area contributed by atoms with Gasteiger partial charge in [0.2, 0.25) is 0 Å². The smallest absolute Gasteiger partial charge is 0.0786 e. The highest BCUT2D eigenvalue weighted by atomic mass is 35.5. The van der Waals surface area contributed by atoms with Crippen molar-refractivity contribution in [1.82, 2.24) is 0 Å². The monoisotopic (exact) mass is 959 g/mol. The van der Waals surface area contributed by atoms with Crippen LogP contribution in [0.2, 0.25) is 15.1 Å². The van der Waals surface area contributed by atoms with Crippen molar-refractivity contribution in [2.75, 3.05) is 59.0 Å². The van der Waals surface area contributed by atoms with Crippen molar-refractivity contribution in [2.24, 2.45) is 0 Å². The molecule has 0 aliphatic rings. The van der Waals surface area contributed by atoms with Gasteiger partial charge in [0.05, 0.1) is 59.7 Å². The Labute approximate surface area is 416 Å². The van der Waals surface area contributed by atoms with Crippen LogP contribution in [0.25, 0.3) is 0 Å². The molecule has 65 heavy (non-hydrogen) atoms. The number of hydrogen-bond donors (Lipinski definition) is 0. The molecule has 3 aromatic rings. The van der Waals surface area contributed by atoms with Gasteiger partial charge in [-0.1, -0.05) is 191 Å². The van der Waals surface area contributed by atoms with Crippen LogP contribution in [0.4, 0.5) is 0 Å². The summed E-state index contributed by atoms with van der Waals surface area (Å²) in [6.07, 6.45) is 25.1. The second-order valence-corrected chi connectivity index (χ2v) is 20.0. The molecule has 0 N–H and O–H groups in total. The van der Waals surface area contributed by atoms with E-state index in [-0.39, 0.29) is 6.61 Å². The molecule has 0 saturated heterocycles. The minimum Gasteiger partial charge on any atom is -0.871 e. The van der Waals surface area contributed by atoms with Crippen molar-refractivity contribution < 1.29 is 23.7 Å². The molecule has 370 valence electrons. The van der Waals surface area contributed by atoms with E-state index < -0.39 is 12.7 Å². The average Bonchev–Trinajstić information content (AvgIpc) is 3.31. The van der Waals surface area contributed by atoms with E-state index in [9.17, 15) is 10.0 Å². The van der Waals surface area contributed by atoms with Crippen molar-refractivity contribution >= 4 is 42.1 Å². The minimum absolute atomic E-state index is 0.163. The Morgan fingerprint density at radius 2 is 0.692 bits per heavy atom. The molecular formula is C56H94BCl3N2O3. The molecule has 3 aromatic carbocycles. The Kier molecular flexibility index (Phi) is 35.3. The van der Waals surface area contributed by atoms with E-state index in [0.717, 1.165) is 36.0 Å². The fourth-order valence-corrected chi connectivity index (χ4v) is 9.90. The van der Waals surface area contributed by atoms with E-state index in [1.807, 2.05) is 54.6 Å². The molecule has 0 spiro atoms. The summed E-state index contributed by atoms with van der Waals surface area (Å²) >= 11 is 19.2. The highest BCUT2D eigenvalue weighted by molar-refractivity contribution is 6.31. The van der Waals surface area contributed by atoms with Crippen molar-refractivity contribution in [3.63, 3.8) is 0 Å². The molecule has 0 heterocycles. The predicted octanol–water partition coefficient (Wildman–Crippen LogP) is 15.3. The summed E-state index contributed by atoms with van der Waals surface area (Å²) in [5.74, 6) is 0. The maximum atomic E-state index is 10.6. The summed E-state index contributed by atoms with van der Waals surface area (Å²) in [5, 5.41) is 23.1. The van der Waals surface area contributed by atoms with Gasteiger partial charge in [-0.3, -0.25) is 0 Å². The fourth-order valence-electron chi connectivity index (χ4n) is 9.33. The first-order valence-corrected chi connectivity index (χ1v) is 27.5. The van der Waals surface area contributed by atoms with Crippen molar-refractivity contribution in [2.45, 2.75) is 189 Å². The normalized spacial score (nSPS) is 11.8. The van der Waals surface area contributed by atoms with E-state index in [1.54, 1.807) is 0 Å². The Hall–Kier alpha value is -1.61. The highest BCUT2D eigenvalue weighted by Crippen LogP contribution is 2.45. The molecule has 0 fully saturated rings. The molecule has 0 aliphatic heterocycles. The molecule has 5 nitrogen and oxygen atoms in total. The van der Waals surface area contributed by atoms with E-state index in [2.05, 4.69) is 78.2 Å². The molecule has 9 heteroatoms. The predicted molar refractivity (Wildman–Crippen MR) is 283 cm³/mol. The molecular weight excluding hydrogens is 866 g/mol.